The van der Waals surface area contributed by atoms with Gasteiger partial charge in [0.05, 0.1) is 5.69 Å². The summed E-state index contributed by atoms with van der Waals surface area (Å²) in [4.78, 5) is 28.0. The molecule has 1 aromatic carbocycles. The van der Waals surface area contributed by atoms with Crippen molar-refractivity contribution in [1.82, 2.24) is 19.5 Å². The van der Waals surface area contributed by atoms with E-state index in [1.807, 2.05) is 24.3 Å². The van der Waals surface area contributed by atoms with Gasteiger partial charge in [-0.05, 0) is 25.0 Å². The molecule has 142 valence electrons. The fourth-order valence-electron chi connectivity index (χ4n) is 3.59. The third-order valence-electron chi connectivity index (χ3n) is 5.03. The van der Waals surface area contributed by atoms with Gasteiger partial charge in [0.25, 0.3) is 5.91 Å². The number of fused-ring (bicyclic) bond motifs is 1. The monoisotopic (exact) mass is 392 g/mol. The standard InChI is InChI=1S/C20H20N6OS/c27-19(16-11-18(22-13-21-16)25-6-1-2-7-25)23-15-5-3-4-14(10-15)17-12-26-8-9-28-20(26)24-17/h3-5,10-13H,1-2,6-9H2,(H,23,27). The maximum absolute atomic E-state index is 12.7. The Morgan fingerprint density at radius 3 is 2.86 bits per heavy atom. The number of imidazole rings is 1. The van der Waals surface area contributed by atoms with Crippen LogP contribution in [0.15, 0.2) is 48.0 Å². The molecule has 0 bridgehead atoms. The Bertz CT molecular complexity index is 1010. The first-order valence-corrected chi connectivity index (χ1v) is 10.4. The zero-order valence-electron chi connectivity index (χ0n) is 15.3. The van der Waals surface area contributed by atoms with E-state index in [2.05, 4.69) is 35.9 Å². The topological polar surface area (TPSA) is 75.9 Å². The lowest BCUT2D eigenvalue weighted by atomic mass is 10.1. The van der Waals surface area contributed by atoms with E-state index in [4.69, 9.17) is 0 Å². The van der Waals surface area contributed by atoms with Crippen LogP contribution in [0.25, 0.3) is 11.3 Å². The Morgan fingerprint density at radius 1 is 1.11 bits per heavy atom. The number of hydrogen-bond acceptors (Lipinski definition) is 6. The van der Waals surface area contributed by atoms with E-state index in [9.17, 15) is 4.79 Å². The third-order valence-corrected chi connectivity index (χ3v) is 6.01. The van der Waals surface area contributed by atoms with Gasteiger partial charge >= 0.3 is 0 Å². The zero-order valence-corrected chi connectivity index (χ0v) is 16.2. The molecule has 1 saturated heterocycles. The lowest BCUT2D eigenvalue weighted by Crippen LogP contribution is -2.21. The minimum absolute atomic E-state index is 0.233. The highest BCUT2D eigenvalue weighted by Crippen LogP contribution is 2.30. The summed E-state index contributed by atoms with van der Waals surface area (Å²) in [5, 5.41) is 4.00. The highest BCUT2D eigenvalue weighted by atomic mass is 32.2. The van der Waals surface area contributed by atoms with E-state index in [1.165, 1.54) is 6.33 Å². The number of thioether (sulfide) groups is 1. The number of rotatable bonds is 4. The molecule has 1 amide bonds. The van der Waals surface area contributed by atoms with Gasteiger partial charge in [0.1, 0.15) is 17.8 Å². The van der Waals surface area contributed by atoms with E-state index in [0.717, 1.165) is 66.1 Å². The summed E-state index contributed by atoms with van der Waals surface area (Å²) in [6.07, 6.45) is 5.86. The van der Waals surface area contributed by atoms with Crippen LogP contribution in [0.4, 0.5) is 11.5 Å². The Labute approximate surface area is 167 Å². The number of anilines is 2. The smallest absolute Gasteiger partial charge is 0.274 e. The molecule has 1 fully saturated rings. The number of amides is 1. The summed E-state index contributed by atoms with van der Waals surface area (Å²) in [7, 11) is 0. The molecule has 0 unspecified atom stereocenters. The zero-order chi connectivity index (χ0) is 18.9. The van der Waals surface area contributed by atoms with Crippen LogP contribution in [-0.2, 0) is 6.54 Å². The summed E-state index contributed by atoms with van der Waals surface area (Å²) < 4.78 is 2.17. The number of nitrogens with zero attached hydrogens (tertiary/aromatic N) is 5. The van der Waals surface area contributed by atoms with Crippen molar-refractivity contribution in [3.05, 3.63) is 48.5 Å². The van der Waals surface area contributed by atoms with Gasteiger partial charge in [0.2, 0.25) is 0 Å². The van der Waals surface area contributed by atoms with Crippen LogP contribution in [0.3, 0.4) is 0 Å². The molecule has 7 nitrogen and oxygen atoms in total. The fraction of sp³-hybridized carbons (Fsp3) is 0.300. The van der Waals surface area contributed by atoms with Crippen LogP contribution in [0.2, 0.25) is 0 Å². The minimum atomic E-state index is -0.233. The van der Waals surface area contributed by atoms with Gasteiger partial charge in [-0.1, -0.05) is 23.9 Å². The van der Waals surface area contributed by atoms with Crippen LogP contribution < -0.4 is 10.2 Å². The number of carbonyl (C=O) groups excluding carboxylic acids is 1. The van der Waals surface area contributed by atoms with E-state index >= 15 is 0 Å². The summed E-state index contributed by atoms with van der Waals surface area (Å²) >= 11 is 1.77. The van der Waals surface area contributed by atoms with Crippen LogP contribution in [-0.4, -0.2) is 44.3 Å². The first kappa shape index (κ1) is 17.2. The maximum atomic E-state index is 12.7. The number of aromatic nitrogens is 4. The summed E-state index contributed by atoms with van der Waals surface area (Å²) in [5.74, 6) is 1.66. The Hall–Kier alpha value is -2.87. The molecule has 0 radical (unpaired) electrons. The number of carbonyl (C=O) groups is 1. The molecular weight excluding hydrogens is 372 g/mol. The first-order valence-electron chi connectivity index (χ1n) is 9.45. The summed E-state index contributed by atoms with van der Waals surface area (Å²) in [6, 6.07) is 9.53. The van der Waals surface area contributed by atoms with Crippen LogP contribution in [0.5, 0.6) is 0 Å². The van der Waals surface area contributed by atoms with Gasteiger partial charge < -0.3 is 14.8 Å². The summed E-state index contributed by atoms with van der Waals surface area (Å²) in [5.41, 5.74) is 3.02. The van der Waals surface area contributed by atoms with Crippen LogP contribution in [0.1, 0.15) is 23.3 Å². The lowest BCUT2D eigenvalue weighted by Gasteiger charge is -2.16. The predicted molar refractivity (Wildman–Crippen MR) is 110 cm³/mol. The predicted octanol–water partition coefficient (Wildman–Crippen LogP) is 3.30. The number of hydrogen-bond donors (Lipinski definition) is 1. The van der Waals surface area contributed by atoms with Crippen molar-refractivity contribution in [1.29, 1.82) is 0 Å². The van der Waals surface area contributed by atoms with E-state index in [1.54, 1.807) is 17.8 Å². The van der Waals surface area contributed by atoms with Crippen LogP contribution in [0, 0.1) is 0 Å². The highest BCUT2D eigenvalue weighted by Gasteiger charge is 2.18. The van der Waals surface area contributed by atoms with Crippen molar-refractivity contribution in [2.24, 2.45) is 0 Å². The normalized spacial score (nSPS) is 15.6. The van der Waals surface area contributed by atoms with Gasteiger partial charge in [-0.25, -0.2) is 15.0 Å². The van der Waals surface area contributed by atoms with E-state index in [0.29, 0.717) is 5.69 Å². The van der Waals surface area contributed by atoms with Crippen molar-refractivity contribution in [3.63, 3.8) is 0 Å². The van der Waals surface area contributed by atoms with Gasteiger partial charge in [0, 0.05) is 48.9 Å². The molecule has 5 rings (SSSR count). The van der Waals surface area contributed by atoms with E-state index in [-0.39, 0.29) is 5.91 Å². The summed E-state index contributed by atoms with van der Waals surface area (Å²) in [6.45, 7) is 2.95. The van der Waals surface area contributed by atoms with Crippen molar-refractivity contribution in [3.8, 4) is 11.3 Å². The van der Waals surface area contributed by atoms with Crippen LogP contribution >= 0.6 is 11.8 Å². The van der Waals surface area contributed by atoms with Crippen molar-refractivity contribution in [2.45, 2.75) is 24.5 Å². The number of aryl methyl sites for hydroxylation is 1. The maximum Gasteiger partial charge on any atom is 0.274 e. The second-order valence-corrected chi connectivity index (χ2v) is 8.00. The molecule has 28 heavy (non-hydrogen) atoms. The number of nitrogens with one attached hydrogen (secondary N) is 1. The molecule has 1 N–H and O–H groups in total. The fourth-order valence-corrected chi connectivity index (χ4v) is 4.53. The van der Waals surface area contributed by atoms with Crippen molar-refractivity contribution >= 4 is 29.2 Å². The second kappa shape index (κ2) is 7.27. The Balaban J connectivity index is 1.34. The molecule has 0 spiro atoms. The molecule has 2 aliphatic rings. The van der Waals surface area contributed by atoms with Gasteiger partial charge in [-0.15, -0.1) is 0 Å². The molecule has 0 aliphatic carbocycles. The first-order chi connectivity index (χ1) is 13.8. The Morgan fingerprint density at radius 2 is 2.00 bits per heavy atom. The van der Waals surface area contributed by atoms with E-state index < -0.39 is 0 Å². The second-order valence-electron chi connectivity index (χ2n) is 6.94. The van der Waals surface area contributed by atoms with Gasteiger partial charge in [-0.2, -0.15) is 0 Å². The van der Waals surface area contributed by atoms with Gasteiger partial charge in [0.15, 0.2) is 5.16 Å². The lowest BCUT2D eigenvalue weighted by molar-refractivity contribution is 0.102. The molecule has 8 heteroatoms. The molecule has 3 aromatic rings. The average molecular weight is 392 g/mol. The average Bonchev–Trinajstić information content (AvgIpc) is 3.45. The minimum Gasteiger partial charge on any atom is -0.357 e. The number of benzene rings is 1. The third kappa shape index (κ3) is 3.35. The highest BCUT2D eigenvalue weighted by molar-refractivity contribution is 7.99. The molecular formula is C20H20N6OS. The van der Waals surface area contributed by atoms with Crippen molar-refractivity contribution in [2.75, 3.05) is 29.1 Å². The largest absolute Gasteiger partial charge is 0.357 e. The quantitative estimate of drug-likeness (QED) is 0.734. The molecule has 4 heterocycles. The Kier molecular flexibility index (Phi) is 4.48. The SMILES string of the molecule is O=C(Nc1cccc(-c2cn3c(n2)SCC3)c1)c1cc(N2CCCC2)ncn1. The molecule has 2 aliphatic heterocycles. The molecule has 2 aromatic heterocycles. The van der Waals surface area contributed by atoms with Crippen molar-refractivity contribution < 1.29 is 4.79 Å². The van der Waals surface area contributed by atoms with Gasteiger partial charge in [-0.3, -0.25) is 4.79 Å². The molecule has 0 atom stereocenters. The molecule has 0 saturated carbocycles.